The molecule has 150 valence electrons. The Kier molecular flexibility index (Phi) is 7.81. The Labute approximate surface area is 164 Å². The number of esters is 1. The number of aryl methyl sites for hydroxylation is 1. The second-order valence-corrected chi connectivity index (χ2v) is 8.10. The summed E-state index contributed by atoms with van der Waals surface area (Å²) in [5.74, 6) is 2.29. The van der Waals surface area contributed by atoms with Crippen molar-refractivity contribution in [3.8, 4) is 0 Å². The SMILES string of the molecule is CCC(=NC)N(CC(=O)O[C@@H]1C[C@H](C)CC[C@H]1C(C)C)c1ccncc1C. The van der Waals surface area contributed by atoms with Crippen molar-refractivity contribution in [3.63, 3.8) is 0 Å². The van der Waals surface area contributed by atoms with E-state index < -0.39 is 0 Å². The zero-order valence-electron chi connectivity index (χ0n) is 17.7. The molecule has 5 nitrogen and oxygen atoms in total. The monoisotopic (exact) mass is 373 g/mol. The van der Waals surface area contributed by atoms with Gasteiger partial charge in [-0.05, 0) is 49.1 Å². The number of aromatic nitrogens is 1. The van der Waals surface area contributed by atoms with E-state index >= 15 is 0 Å². The van der Waals surface area contributed by atoms with Crippen molar-refractivity contribution >= 4 is 17.5 Å². The molecular formula is C22H35N3O2. The lowest BCUT2D eigenvalue weighted by molar-refractivity contribution is -0.154. The van der Waals surface area contributed by atoms with Crippen LogP contribution in [0.3, 0.4) is 0 Å². The van der Waals surface area contributed by atoms with Gasteiger partial charge in [0.1, 0.15) is 18.5 Å². The summed E-state index contributed by atoms with van der Waals surface area (Å²) >= 11 is 0. The molecule has 1 fully saturated rings. The first-order valence-electron chi connectivity index (χ1n) is 10.2. The number of ether oxygens (including phenoxy) is 1. The Balaban J connectivity index is 2.17. The molecule has 27 heavy (non-hydrogen) atoms. The first-order chi connectivity index (χ1) is 12.9. The molecule has 3 atom stereocenters. The molecule has 0 bridgehead atoms. The molecule has 0 spiro atoms. The molecule has 0 N–H and O–H groups in total. The Morgan fingerprint density at radius 3 is 2.74 bits per heavy atom. The van der Waals surface area contributed by atoms with Gasteiger partial charge in [-0.3, -0.25) is 14.8 Å². The van der Waals surface area contributed by atoms with Crippen molar-refractivity contribution in [2.75, 3.05) is 18.5 Å². The molecule has 0 unspecified atom stereocenters. The Bertz CT molecular complexity index is 657. The van der Waals surface area contributed by atoms with Gasteiger partial charge in [0.05, 0.1) is 0 Å². The molecule has 1 aliphatic rings. The predicted octanol–water partition coefficient (Wildman–Crippen LogP) is 4.64. The van der Waals surface area contributed by atoms with E-state index in [4.69, 9.17) is 4.74 Å². The molecule has 5 heteroatoms. The van der Waals surface area contributed by atoms with Gasteiger partial charge in [0, 0.05) is 31.5 Å². The highest BCUT2D eigenvalue weighted by Gasteiger charge is 2.34. The van der Waals surface area contributed by atoms with Crippen LogP contribution in [0, 0.1) is 24.7 Å². The van der Waals surface area contributed by atoms with Gasteiger partial charge in [-0.15, -0.1) is 0 Å². The zero-order chi connectivity index (χ0) is 20.0. The summed E-state index contributed by atoms with van der Waals surface area (Å²) in [6.07, 6.45) is 7.66. The highest BCUT2D eigenvalue weighted by Crippen LogP contribution is 2.35. The van der Waals surface area contributed by atoms with Crippen LogP contribution in [0.15, 0.2) is 23.5 Å². The minimum Gasteiger partial charge on any atom is -0.461 e. The van der Waals surface area contributed by atoms with Crippen LogP contribution in [0.5, 0.6) is 0 Å². The third kappa shape index (κ3) is 5.53. The standard InChI is InChI=1S/C22H35N3O2/c1-7-21(23-6)25(19-10-11-24-13-17(19)5)14-22(26)27-20-12-16(4)8-9-18(20)15(2)3/h10-11,13,15-16,18,20H,7-9,12,14H2,1-6H3/t16-,18+,20-/m1/s1. The third-order valence-electron chi connectivity index (χ3n) is 5.70. The van der Waals surface area contributed by atoms with Crippen molar-refractivity contribution in [1.29, 1.82) is 0 Å². The highest BCUT2D eigenvalue weighted by molar-refractivity contribution is 6.01. The van der Waals surface area contributed by atoms with Gasteiger partial charge < -0.3 is 9.64 Å². The summed E-state index contributed by atoms with van der Waals surface area (Å²) < 4.78 is 6.02. The maximum Gasteiger partial charge on any atom is 0.326 e. The molecule has 0 aromatic carbocycles. The summed E-state index contributed by atoms with van der Waals surface area (Å²) in [7, 11) is 1.77. The van der Waals surface area contributed by atoms with Crippen LogP contribution in [0.2, 0.25) is 0 Å². The molecule has 1 aromatic heterocycles. The summed E-state index contributed by atoms with van der Waals surface area (Å²) in [4.78, 5) is 23.4. The second kappa shape index (κ2) is 9.86. The Morgan fingerprint density at radius 1 is 1.41 bits per heavy atom. The maximum atomic E-state index is 12.9. The number of aliphatic imine (C=N–C) groups is 1. The van der Waals surface area contributed by atoms with Crippen molar-refractivity contribution < 1.29 is 9.53 Å². The van der Waals surface area contributed by atoms with E-state index in [1.54, 1.807) is 13.2 Å². The first-order valence-corrected chi connectivity index (χ1v) is 10.2. The number of hydrogen-bond acceptors (Lipinski definition) is 4. The average Bonchev–Trinajstić information content (AvgIpc) is 2.62. The van der Waals surface area contributed by atoms with Crippen LogP contribution in [0.1, 0.15) is 58.9 Å². The number of hydrogen-bond donors (Lipinski definition) is 0. The summed E-state index contributed by atoms with van der Waals surface area (Å²) in [5, 5.41) is 0. The molecule has 2 rings (SSSR count). The van der Waals surface area contributed by atoms with E-state index in [1.807, 2.05) is 24.1 Å². The lowest BCUT2D eigenvalue weighted by Crippen LogP contribution is -2.41. The summed E-state index contributed by atoms with van der Waals surface area (Å²) in [6.45, 7) is 10.9. The molecule has 0 saturated heterocycles. The van der Waals surface area contributed by atoms with Crippen molar-refractivity contribution in [3.05, 3.63) is 24.0 Å². The van der Waals surface area contributed by atoms with E-state index in [2.05, 4.69) is 37.7 Å². The van der Waals surface area contributed by atoms with E-state index in [9.17, 15) is 4.79 Å². The van der Waals surface area contributed by atoms with Crippen LogP contribution in [0.25, 0.3) is 0 Å². The minimum atomic E-state index is -0.175. The first kappa shape index (κ1) is 21.4. The Morgan fingerprint density at radius 2 is 2.15 bits per heavy atom. The van der Waals surface area contributed by atoms with Crippen LogP contribution in [0.4, 0.5) is 5.69 Å². The van der Waals surface area contributed by atoms with Gasteiger partial charge in [-0.25, -0.2) is 0 Å². The number of pyridine rings is 1. The van der Waals surface area contributed by atoms with Crippen LogP contribution >= 0.6 is 0 Å². The zero-order valence-corrected chi connectivity index (χ0v) is 17.7. The van der Waals surface area contributed by atoms with Gasteiger partial charge in [0.2, 0.25) is 0 Å². The fourth-order valence-electron chi connectivity index (χ4n) is 4.14. The van der Waals surface area contributed by atoms with Crippen molar-refractivity contribution in [2.45, 2.75) is 66.4 Å². The van der Waals surface area contributed by atoms with Crippen LogP contribution in [-0.4, -0.2) is 36.5 Å². The van der Waals surface area contributed by atoms with Gasteiger partial charge >= 0.3 is 5.97 Å². The molecule has 0 radical (unpaired) electrons. The lowest BCUT2D eigenvalue weighted by Gasteiger charge is -2.37. The average molecular weight is 374 g/mol. The number of rotatable bonds is 6. The topological polar surface area (TPSA) is 54.8 Å². The third-order valence-corrected chi connectivity index (χ3v) is 5.70. The van der Waals surface area contributed by atoms with Crippen LogP contribution in [-0.2, 0) is 9.53 Å². The molecule has 1 aromatic rings. The van der Waals surface area contributed by atoms with Gasteiger partial charge in [-0.1, -0.05) is 34.1 Å². The number of anilines is 1. The number of nitrogens with zero attached hydrogens (tertiary/aromatic N) is 3. The van der Waals surface area contributed by atoms with Crippen molar-refractivity contribution in [1.82, 2.24) is 4.98 Å². The molecule has 0 amide bonds. The Hall–Kier alpha value is -1.91. The molecule has 1 heterocycles. The smallest absolute Gasteiger partial charge is 0.326 e. The van der Waals surface area contributed by atoms with E-state index in [0.717, 1.165) is 36.3 Å². The largest absolute Gasteiger partial charge is 0.461 e. The van der Waals surface area contributed by atoms with Crippen molar-refractivity contribution in [2.24, 2.45) is 22.7 Å². The molecular weight excluding hydrogens is 338 g/mol. The normalized spacial score (nSPS) is 23.4. The highest BCUT2D eigenvalue weighted by atomic mass is 16.5. The quantitative estimate of drug-likeness (QED) is 0.414. The molecule has 1 saturated carbocycles. The molecule has 0 aliphatic heterocycles. The van der Waals surface area contributed by atoms with E-state index in [0.29, 0.717) is 17.8 Å². The second-order valence-electron chi connectivity index (χ2n) is 8.10. The van der Waals surface area contributed by atoms with Gasteiger partial charge in [0.15, 0.2) is 0 Å². The number of carbonyl (C=O) groups is 1. The number of carbonyl (C=O) groups excluding carboxylic acids is 1. The summed E-state index contributed by atoms with van der Waals surface area (Å²) in [5.41, 5.74) is 1.98. The maximum absolute atomic E-state index is 12.9. The minimum absolute atomic E-state index is 0.0188. The fourth-order valence-corrected chi connectivity index (χ4v) is 4.14. The van der Waals surface area contributed by atoms with E-state index in [1.165, 1.54) is 6.42 Å². The van der Waals surface area contributed by atoms with E-state index in [-0.39, 0.29) is 18.6 Å². The predicted molar refractivity (Wildman–Crippen MR) is 111 cm³/mol. The van der Waals surface area contributed by atoms with Crippen LogP contribution < -0.4 is 4.90 Å². The number of amidine groups is 1. The van der Waals surface area contributed by atoms with Gasteiger partial charge in [-0.2, -0.15) is 0 Å². The lowest BCUT2D eigenvalue weighted by atomic mass is 9.75. The summed E-state index contributed by atoms with van der Waals surface area (Å²) in [6, 6.07) is 1.93. The van der Waals surface area contributed by atoms with Gasteiger partial charge in [0.25, 0.3) is 0 Å². The fraction of sp³-hybridized carbons (Fsp3) is 0.682. The molecule has 1 aliphatic carbocycles.